The standard InChI is InChI=1S/C13H20O2/c1-9-8-10(2)13(12(4)11(9)3)15-7-6-14-5/h8H,6-7H2,1-5H3. The van der Waals surface area contributed by atoms with E-state index in [0.29, 0.717) is 13.2 Å². The highest BCUT2D eigenvalue weighted by molar-refractivity contribution is 5.48. The quantitative estimate of drug-likeness (QED) is 0.708. The predicted molar refractivity (Wildman–Crippen MR) is 62.8 cm³/mol. The molecule has 0 radical (unpaired) electrons. The van der Waals surface area contributed by atoms with Gasteiger partial charge in [-0.15, -0.1) is 0 Å². The van der Waals surface area contributed by atoms with Crippen LogP contribution in [-0.2, 0) is 4.74 Å². The summed E-state index contributed by atoms with van der Waals surface area (Å²) in [6.07, 6.45) is 0. The molecule has 0 aromatic heterocycles. The Bertz CT molecular complexity index is 343. The van der Waals surface area contributed by atoms with Crippen LogP contribution in [0.4, 0.5) is 0 Å². The van der Waals surface area contributed by atoms with Crippen LogP contribution in [0.15, 0.2) is 6.07 Å². The molecule has 1 rings (SSSR count). The van der Waals surface area contributed by atoms with E-state index >= 15 is 0 Å². The molecule has 0 spiro atoms. The van der Waals surface area contributed by atoms with Crippen LogP contribution in [0.2, 0.25) is 0 Å². The number of hydrogen-bond acceptors (Lipinski definition) is 2. The Morgan fingerprint density at radius 1 is 0.933 bits per heavy atom. The summed E-state index contributed by atoms with van der Waals surface area (Å²) in [5, 5.41) is 0. The number of ether oxygens (including phenoxy) is 2. The summed E-state index contributed by atoms with van der Waals surface area (Å²) in [6, 6.07) is 2.17. The highest BCUT2D eigenvalue weighted by Crippen LogP contribution is 2.28. The van der Waals surface area contributed by atoms with Crippen molar-refractivity contribution in [3.8, 4) is 5.75 Å². The third-order valence-electron chi connectivity index (χ3n) is 2.82. The van der Waals surface area contributed by atoms with Crippen LogP contribution in [-0.4, -0.2) is 20.3 Å². The van der Waals surface area contributed by atoms with Gasteiger partial charge in [0.2, 0.25) is 0 Å². The molecule has 0 amide bonds. The van der Waals surface area contributed by atoms with Crippen LogP contribution < -0.4 is 4.74 Å². The van der Waals surface area contributed by atoms with E-state index in [4.69, 9.17) is 9.47 Å². The summed E-state index contributed by atoms with van der Waals surface area (Å²) < 4.78 is 10.7. The molecular weight excluding hydrogens is 188 g/mol. The van der Waals surface area contributed by atoms with Gasteiger partial charge in [0.05, 0.1) is 6.61 Å². The molecule has 2 nitrogen and oxygen atoms in total. The van der Waals surface area contributed by atoms with Gasteiger partial charge in [0.25, 0.3) is 0 Å². The Balaban J connectivity index is 2.92. The maximum absolute atomic E-state index is 5.72. The van der Waals surface area contributed by atoms with Gasteiger partial charge >= 0.3 is 0 Å². The molecule has 0 N–H and O–H groups in total. The first-order valence-electron chi connectivity index (χ1n) is 5.27. The van der Waals surface area contributed by atoms with Crippen LogP contribution in [0.5, 0.6) is 5.75 Å². The summed E-state index contributed by atoms with van der Waals surface area (Å²) in [5.74, 6) is 1.01. The molecule has 0 unspecified atom stereocenters. The molecule has 0 atom stereocenters. The molecule has 0 bridgehead atoms. The fraction of sp³-hybridized carbons (Fsp3) is 0.538. The number of hydrogen-bond donors (Lipinski definition) is 0. The highest BCUT2D eigenvalue weighted by Gasteiger charge is 2.08. The minimum Gasteiger partial charge on any atom is -0.491 e. The monoisotopic (exact) mass is 208 g/mol. The van der Waals surface area contributed by atoms with E-state index in [1.165, 1.54) is 22.3 Å². The molecule has 2 heteroatoms. The average Bonchev–Trinajstić information content (AvgIpc) is 2.20. The summed E-state index contributed by atoms with van der Waals surface area (Å²) in [5.41, 5.74) is 5.08. The first-order valence-corrected chi connectivity index (χ1v) is 5.27. The number of aryl methyl sites for hydroxylation is 2. The Labute approximate surface area is 92.2 Å². The van der Waals surface area contributed by atoms with Crippen molar-refractivity contribution in [3.63, 3.8) is 0 Å². The lowest BCUT2D eigenvalue weighted by Crippen LogP contribution is -2.07. The van der Waals surface area contributed by atoms with Gasteiger partial charge in [-0.05, 0) is 49.9 Å². The van der Waals surface area contributed by atoms with Gasteiger partial charge in [-0.2, -0.15) is 0 Å². The van der Waals surface area contributed by atoms with Crippen molar-refractivity contribution in [3.05, 3.63) is 28.3 Å². The molecule has 15 heavy (non-hydrogen) atoms. The first kappa shape index (κ1) is 12.1. The lowest BCUT2D eigenvalue weighted by atomic mass is 10.00. The predicted octanol–water partition coefficient (Wildman–Crippen LogP) is 2.95. The van der Waals surface area contributed by atoms with E-state index in [-0.39, 0.29) is 0 Å². The molecule has 0 aliphatic rings. The number of benzene rings is 1. The largest absolute Gasteiger partial charge is 0.491 e. The maximum Gasteiger partial charge on any atom is 0.125 e. The molecule has 0 heterocycles. The fourth-order valence-electron chi connectivity index (χ4n) is 1.71. The van der Waals surface area contributed by atoms with Crippen molar-refractivity contribution in [1.29, 1.82) is 0 Å². The molecule has 0 aliphatic heterocycles. The van der Waals surface area contributed by atoms with Gasteiger partial charge in [0, 0.05) is 7.11 Å². The second kappa shape index (κ2) is 5.17. The van der Waals surface area contributed by atoms with Crippen molar-refractivity contribution in [1.82, 2.24) is 0 Å². The molecule has 1 aromatic carbocycles. The van der Waals surface area contributed by atoms with E-state index in [1.54, 1.807) is 7.11 Å². The van der Waals surface area contributed by atoms with Crippen molar-refractivity contribution in [2.45, 2.75) is 27.7 Å². The van der Waals surface area contributed by atoms with Crippen LogP contribution in [0.3, 0.4) is 0 Å². The molecule has 0 fully saturated rings. The van der Waals surface area contributed by atoms with E-state index in [2.05, 4.69) is 33.8 Å². The third kappa shape index (κ3) is 2.72. The zero-order chi connectivity index (χ0) is 11.4. The van der Waals surface area contributed by atoms with E-state index in [1.807, 2.05) is 0 Å². The normalized spacial score (nSPS) is 10.5. The maximum atomic E-state index is 5.72. The molecule has 1 aromatic rings. The van der Waals surface area contributed by atoms with Gasteiger partial charge < -0.3 is 9.47 Å². The van der Waals surface area contributed by atoms with Gasteiger partial charge in [0.15, 0.2) is 0 Å². The molecule has 0 saturated heterocycles. The summed E-state index contributed by atoms with van der Waals surface area (Å²) in [7, 11) is 1.68. The zero-order valence-corrected chi connectivity index (χ0v) is 10.3. The van der Waals surface area contributed by atoms with Gasteiger partial charge in [-0.3, -0.25) is 0 Å². The SMILES string of the molecule is COCCOc1c(C)cc(C)c(C)c1C. The molecule has 0 aliphatic carbocycles. The Hall–Kier alpha value is -1.02. The smallest absolute Gasteiger partial charge is 0.125 e. The average molecular weight is 208 g/mol. The zero-order valence-electron chi connectivity index (χ0n) is 10.3. The first-order chi connectivity index (χ1) is 7.07. The summed E-state index contributed by atoms with van der Waals surface area (Å²) in [6.45, 7) is 9.70. The molecule has 84 valence electrons. The van der Waals surface area contributed by atoms with Gasteiger partial charge in [-0.1, -0.05) is 6.07 Å². The van der Waals surface area contributed by atoms with E-state index < -0.39 is 0 Å². The van der Waals surface area contributed by atoms with Crippen molar-refractivity contribution >= 4 is 0 Å². The molecular formula is C13H20O2. The van der Waals surface area contributed by atoms with E-state index in [9.17, 15) is 0 Å². The van der Waals surface area contributed by atoms with Gasteiger partial charge in [-0.25, -0.2) is 0 Å². The van der Waals surface area contributed by atoms with Crippen LogP contribution in [0.25, 0.3) is 0 Å². The topological polar surface area (TPSA) is 18.5 Å². The summed E-state index contributed by atoms with van der Waals surface area (Å²) in [4.78, 5) is 0. The van der Waals surface area contributed by atoms with Gasteiger partial charge in [0.1, 0.15) is 12.4 Å². The summed E-state index contributed by atoms with van der Waals surface area (Å²) >= 11 is 0. The van der Waals surface area contributed by atoms with Crippen molar-refractivity contribution < 1.29 is 9.47 Å². The van der Waals surface area contributed by atoms with Crippen LogP contribution in [0.1, 0.15) is 22.3 Å². The second-order valence-corrected chi connectivity index (χ2v) is 3.93. The lowest BCUT2D eigenvalue weighted by molar-refractivity contribution is 0.145. The van der Waals surface area contributed by atoms with E-state index in [0.717, 1.165) is 5.75 Å². The fourth-order valence-corrected chi connectivity index (χ4v) is 1.71. The highest BCUT2D eigenvalue weighted by atomic mass is 16.5. The van der Waals surface area contributed by atoms with Crippen molar-refractivity contribution in [2.75, 3.05) is 20.3 Å². The minimum atomic E-state index is 0.612. The Kier molecular flexibility index (Phi) is 4.15. The molecule has 0 saturated carbocycles. The lowest BCUT2D eigenvalue weighted by Gasteiger charge is -2.15. The number of rotatable bonds is 4. The second-order valence-electron chi connectivity index (χ2n) is 3.93. The van der Waals surface area contributed by atoms with Crippen LogP contribution >= 0.6 is 0 Å². The Morgan fingerprint density at radius 3 is 2.20 bits per heavy atom. The number of methoxy groups -OCH3 is 1. The minimum absolute atomic E-state index is 0.612. The van der Waals surface area contributed by atoms with Crippen molar-refractivity contribution in [2.24, 2.45) is 0 Å². The van der Waals surface area contributed by atoms with Crippen LogP contribution in [0, 0.1) is 27.7 Å². The Morgan fingerprint density at radius 2 is 1.60 bits per heavy atom. The third-order valence-corrected chi connectivity index (χ3v) is 2.82.